The van der Waals surface area contributed by atoms with Gasteiger partial charge in [-0.2, -0.15) is 11.8 Å². The van der Waals surface area contributed by atoms with Gasteiger partial charge in [-0.3, -0.25) is 0 Å². The second-order valence-electron chi connectivity index (χ2n) is 5.14. The maximum atomic E-state index is 6.13. The smallest absolute Gasteiger partial charge is 0.201 e. The Balaban J connectivity index is 1.94. The van der Waals surface area contributed by atoms with E-state index in [1.54, 1.807) is 0 Å². The first-order valence-corrected chi connectivity index (χ1v) is 8.73. The Morgan fingerprint density at radius 2 is 2.05 bits per heavy atom. The van der Waals surface area contributed by atoms with Crippen LogP contribution in [0.15, 0.2) is 22.7 Å². The summed E-state index contributed by atoms with van der Waals surface area (Å²) in [6.07, 6.45) is 7.18. The number of aromatic nitrogens is 2. The largest absolute Gasteiger partial charge is 0.369 e. The molecule has 1 fully saturated rings. The van der Waals surface area contributed by atoms with Crippen LogP contribution in [0.3, 0.4) is 0 Å². The number of thioether (sulfide) groups is 1. The molecule has 0 bridgehead atoms. The first-order valence-electron chi connectivity index (χ1n) is 6.65. The number of hydrogen-bond donors (Lipinski definition) is 1. The lowest BCUT2D eigenvalue weighted by Gasteiger charge is -2.29. The molecule has 3 rings (SSSR count). The highest BCUT2D eigenvalue weighted by molar-refractivity contribution is 9.10. The third kappa shape index (κ3) is 2.50. The van der Waals surface area contributed by atoms with Gasteiger partial charge in [-0.25, -0.2) is 4.98 Å². The molecule has 0 saturated heterocycles. The third-order valence-electron chi connectivity index (χ3n) is 4.02. The topological polar surface area (TPSA) is 43.8 Å². The van der Waals surface area contributed by atoms with Crippen LogP contribution in [0.2, 0.25) is 0 Å². The summed E-state index contributed by atoms with van der Waals surface area (Å²) >= 11 is 5.48. The van der Waals surface area contributed by atoms with Gasteiger partial charge in [0.05, 0.1) is 11.0 Å². The van der Waals surface area contributed by atoms with Crippen LogP contribution in [0, 0.1) is 0 Å². The number of halogens is 1. The minimum absolute atomic E-state index is 0.509. The van der Waals surface area contributed by atoms with Crippen LogP contribution >= 0.6 is 27.7 Å². The van der Waals surface area contributed by atoms with Gasteiger partial charge in [-0.15, -0.1) is 0 Å². The van der Waals surface area contributed by atoms with E-state index >= 15 is 0 Å². The van der Waals surface area contributed by atoms with E-state index in [1.807, 2.05) is 17.8 Å². The Kier molecular flexibility index (Phi) is 3.76. The van der Waals surface area contributed by atoms with Crippen molar-refractivity contribution in [3.8, 4) is 0 Å². The molecular weight excluding hydrogens is 322 g/mol. The summed E-state index contributed by atoms with van der Waals surface area (Å²) in [6, 6.07) is 6.72. The quantitative estimate of drug-likeness (QED) is 0.890. The molecule has 1 heterocycles. The predicted molar refractivity (Wildman–Crippen MR) is 86.7 cm³/mol. The van der Waals surface area contributed by atoms with Gasteiger partial charge in [0, 0.05) is 15.8 Å². The van der Waals surface area contributed by atoms with Gasteiger partial charge >= 0.3 is 0 Å². The Morgan fingerprint density at radius 1 is 1.32 bits per heavy atom. The van der Waals surface area contributed by atoms with Crippen molar-refractivity contribution in [2.75, 3.05) is 12.0 Å². The van der Waals surface area contributed by atoms with E-state index in [2.05, 4.69) is 43.9 Å². The van der Waals surface area contributed by atoms with Gasteiger partial charge in [-0.05, 0) is 50.1 Å². The number of hydrogen-bond acceptors (Lipinski definition) is 3. The molecule has 0 atom stereocenters. The number of imidazole rings is 1. The van der Waals surface area contributed by atoms with E-state index in [-0.39, 0.29) is 0 Å². The van der Waals surface area contributed by atoms with Crippen molar-refractivity contribution in [2.45, 2.75) is 37.0 Å². The highest BCUT2D eigenvalue weighted by Gasteiger charge is 2.24. The highest BCUT2D eigenvalue weighted by Crippen LogP contribution is 2.37. The fourth-order valence-corrected chi connectivity index (χ4v) is 4.11. The number of fused-ring (bicyclic) bond motifs is 1. The van der Waals surface area contributed by atoms with Gasteiger partial charge in [-0.1, -0.05) is 15.9 Å². The average molecular weight is 340 g/mol. The molecule has 1 aromatic heterocycles. The van der Waals surface area contributed by atoms with Crippen LogP contribution in [0.25, 0.3) is 11.0 Å². The molecule has 0 aliphatic heterocycles. The number of rotatable bonds is 2. The van der Waals surface area contributed by atoms with E-state index in [0.717, 1.165) is 20.8 Å². The fraction of sp³-hybridized carbons (Fsp3) is 0.500. The summed E-state index contributed by atoms with van der Waals surface area (Å²) in [7, 11) is 0. The SMILES string of the molecule is CSC1CCC(n2c(N)nc3cc(Br)ccc32)CC1. The molecular formula is C14H18BrN3S. The van der Waals surface area contributed by atoms with Crippen LogP contribution in [0.4, 0.5) is 5.95 Å². The Bertz CT molecular complexity index is 588. The van der Waals surface area contributed by atoms with Crippen molar-refractivity contribution in [1.82, 2.24) is 9.55 Å². The molecule has 0 unspecified atom stereocenters. The average Bonchev–Trinajstić information content (AvgIpc) is 2.74. The van der Waals surface area contributed by atoms with Gasteiger partial charge < -0.3 is 10.3 Å². The second-order valence-corrected chi connectivity index (χ2v) is 7.19. The van der Waals surface area contributed by atoms with E-state index in [1.165, 1.54) is 25.7 Å². The van der Waals surface area contributed by atoms with Crippen LogP contribution in [0.1, 0.15) is 31.7 Å². The summed E-state index contributed by atoms with van der Waals surface area (Å²) < 4.78 is 3.29. The van der Waals surface area contributed by atoms with Crippen molar-refractivity contribution in [3.63, 3.8) is 0 Å². The molecule has 2 N–H and O–H groups in total. The maximum absolute atomic E-state index is 6.13. The standard InChI is InChI=1S/C14H18BrN3S/c1-19-11-5-3-10(4-6-11)18-13-7-2-9(15)8-12(13)17-14(18)16/h2,7-8,10-11H,3-6H2,1H3,(H2,16,17). The minimum Gasteiger partial charge on any atom is -0.369 e. The van der Waals surface area contributed by atoms with Gasteiger partial charge in [0.15, 0.2) is 0 Å². The van der Waals surface area contributed by atoms with E-state index in [0.29, 0.717) is 12.0 Å². The molecule has 19 heavy (non-hydrogen) atoms. The van der Waals surface area contributed by atoms with Crippen LogP contribution in [-0.2, 0) is 0 Å². The summed E-state index contributed by atoms with van der Waals surface area (Å²) in [6.45, 7) is 0. The molecule has 0 spiro atoms. The van der Waals surface area contributed by atoms with E-state index < -0.39 is 0 Å². The maximum Gasteiger partial charge on any atom is 0.201 e. The molecule has 1 aliphatic rings. The number of nitrogen functional groups attached to an aromatic ring is 1. The van der Waals surface area contributed by atoms with E-state index in [9.17, 15) is 0 Å². The first-order chi connectivity index (χ1) is 9.19. The molecule has 1 aromatic carbocycles. The zero-order chi connectivity index (χ0) is 13.4. The number of nitrogens with two attached hydrogens (primary N) is 1. The molecule has 102 valence electrons. The Morgan fingerprint density at radius 3 is 2.74 bits per heavy atom. The molecule has 1 saturated carbocycles. The highest BCUT2D eigenvalue weighted by atomic mass is 79.9. The lowest BCUT2D eigenvalue weighted by atomic mass is 9.94. The van der Waals surface area contributed by atoms with E-state index in [4.69, 9.17) is 5.73 Å². The van der Waals surface area contributed by atoms with Crippen molar-refractivity contribution in [3.05, 3.63) is 22.7 Å². The summed E-state index contributed by atoms with van der Waals surface area (Å²) in [5.74, 6) is 0.653. The Hall–Kier alpha value is -0.680. The van der Waals surface area contributed by atoms with Crippen molar-refractivity contribution in [2.24, 2.45) is 0 Å². The number of anilines is 1. The molecule has 2 aromatic rings. The van der Waals surface area contributed by atoms with Crippen LogP contribution in [-0.4, -0.2) is 21.1 Å². The third-order valence-corrected chi connectivity index (χ3v) is 5.65. The van der Waals surface area contributed by atoms with Crippen LogP contribution < -0.4 is 5.73 Å². The molecule has 0 radical (unpaired) electrons. The Labute approximate surface area is 126 Å². The van der Waals surface area contributed by atoms with Crippen LogP contribution in [0.5, 0.6) is 0 Å². The number of benzene rings is 1. The molecule has 1 aliphatic carbocycles. The molecule has 0 amide bonds. The summed E-state index contributed by atoms with van der Waals surface area (Å²) in [4.78, 5) is 4.49. The number of nitrogens with zero attached hydrogens (tertiary/aromatic N) is 2. The minimum atomic E-state index is 0.509. The fourth-order valence-electron chi connectivity index (χ4n) is 3.01. The molecule has 3 nitrogen and oxygen atoms in total. The lowest BCUT2D eigenvalue weighted by Crippen LogP contribution is -2.20. The van der Waals surface area contributed by atoms with Crippen molar-refractivity contribution < 1.29 is 0 Å². The van der Waals surface area contributed by atoms with Crippen molar-refractivity contribution in [1.29, 1.82) is 0 Å². The van der Waals surface area contributed by atoms with Crippen molar-refractivity contribution >= 4 is 44.7 Å². The zero-order valence-corrected chi connectivity index (χ0v) is 13.4. The second kappa shape index (κ2) is 5.37. The summed E-state index contributed by atoms with van der Waals surface area (Å²) in [5.41, 5.74) is 8.28. The van der Waals surface area contributed by atoms with Gasteiger partial charge in [0.25, 0.3) is 0 Å². The first kappa shape index (κ1) is 13.3. The molecule has 5 heteroatoms. The monoisotopic (exact) mass is 339 g/mol. The summed E-state index contributed by atoms with van der Waals surface area (Å²) in [5, 5.41) is 0.821. The zero-order valence-electron chi connectivity index (χ0n) is 11.0. The van der Waals surface area contributed by atoms with Gasteiger partial charge in [0.1, 0.15) is 0 Å². The predicted octanol–water partition coefficient (Wildman–Crippen LogP) is 4.23. The van der Waals surface area contributed by atoms with Gasteiger partial charge in [0.2, 0.25) is 5.95 Å². The normalized spacial score (nSPS) is 23.9. The lowest BCUT2D eigenvalue weighted by molar-refractivity contribution is 0.370.